The van der Waals surface area contributed by atoms with Crippen LogP contribution in [0, 0.1) is 5.92 Å². The lowest BCUT2D eigenvalue weighted by Crippen LogP contribution is -2.33. The molecule has 18 heavy (non-hydrogen) atoms. The van der Waals surface area contributed by atoms with Gasteiger partial charge in [0.1, 0.15) is 6.26 Å². The number of nitrogens with one attached hydrogen (secondary N) is 1. The van der Waals surface area contributed by atoms with E-state index in [0.29, 0.717) is 0 Å². The summed E-state index contributed by atoms with van der Waals surface area (Å²) >= 11 is 0. The van der Waals surface area contributed by atoms with Gasteiger partial charge in [-0.05, 0) is 31.7 Å². The summed E-state index contributed by atoms with van der Waals surface area (Å²) < 4.78 is 5.58. The molecule has 2 heterocycles. The second-order valence-electron chi connectivity index (χ2n) is 5.14. The first kappa shape index (κ1) is 13.4. The highest BCUT2D eigenvalue weighted by Crippen LogP contribution is 2.24. The molecule has 1 aliphatic rings. The van der Waals surface area contributed by atoms with Crippen molar-refractivity contribution in [1.82, 2.24) is 10.3 Å². The summed E-state index contributed by atoms with van der Waals surface area (Å²) in [6.07, 6.45) is 6.76. The van der Waals surface area contributed by atoms with Crippen LogP contribution in [0.25, 0.3) is 0 Å². The molecule has 0 atom stereocenters. The minimum Gasteiger partial charge on any atom is -0.432 e. The molecule has 4 heteroatoms. The molecule has 0 amide bonds. The van der Waals surface area contributed by atoms with Crippen LogP contribution in [0.2, 0.25) is 0 Å². The zero-order valence-electron chi connectivity index (χ0n) is 11.6. The fraction of sp³-hybridized carbons (Fsp3) is 0.786. The lowest BCUT2D eigenvalue weighted by Gasteiger charge is -2.30. The van der Waals surface area contributed by atoms with Crippen molar-refractivity contribution >= 4 is 6.01 Å². The van der Waals surface area contributed by atoms with Crippen molar-refractivity contribution in [2.75, 3.05) is 24.5 Å². The van der Waals surface area contributed by atoms with E-state index in [1.54, 1.807) is 6.26 Å². The van der Waals surface area contributed by atoms with Crippen molar-refractivity contribution in [1.29, 1.82) is 0 Å². The van der Waals surface area contributed by atoms with Gasteiger partial charge in [-0.1, -0.05) is 20.3 Å². The zero-order chi connectivity index (χ0) is 12.8. The number of hydrogen-bond acceptors (Lipinski definition) is 4. The van der Waals surface area contributed by atoms with E-state index in [-0.39, 0.29) is 0 Å². The quantitative estimate of drug-likeness (QED) is 0.789. The molecule has 0 unspecified atom stereocenters. The second kappa shape index (κ2) is 6.78. The average molecular weight is 251 g/mol. The Morgan fingerprint density at radius 1 is 1.39 bits per heavy atom. The first-order chi connectivity index (χ1) is 8.83. The lowest BCUT2D eigenvalue weighted by atomic mass is 9.95. The Balaban J connectivity index is 1.82. The summed E-state index contributed by atoms with van der Waals surface area (Å²) in [6, 6.07) is 0.804. The van der Waals surface area contributed by atoms with Crippen molar-refractivity contribution in [2.24, 2.45) is 5.92 Å². The number of hydrogen-bond donors (Lipinski definition) is 1. The summed E-state index contributed by atoms with van der Waals surface area (Å²) in [6.45, 7) is 8.45. The Hall–Kier alpha value is -1.03. The van der Waals surface area contributed by atoms with E-state index in [1.807, 2.05) is 0 Å². The van der Waals surface area contributed by atoms with Crippen molar-refractivity contribution in [2.45, 2.75) is 46.1 Å². The average Bonchev–Trinajstić information content (AvgIpc) is 2.88. The minimum absolute atomic E-state index is 0.804. The summed E-state index contributed by atoms with van der Waals surface area (Å²) in [5, 5.41) is 3.34. The molecule has 0 aromatic carbocycles. The molecule has 1 aliphatic heterocycles. The number of rotatable bonds is 6. The van der Waals surface area contributed by atoms with Gasteiger partial charge in [-0.2, -0.15) is 4.98 Å². The highest BCUT2D eigenvalue weighted by Gasteiger charge is 2.21. The van der Waals surface area contributed by atoms with Crippen LogP contribution in [0.1, 0.15) is 45.2 Å². The third kappa shape index (κ3) is 3.48. The van der Waals surface area contributed by atoms with Gasteiger partial charge in [0.2, 0.25) is 0 Å². The standard InChI is InChI=1S/C14H25N3O/c1-3-7-15-10-13-11-18-14(16-13)17-8-5-12(4-2)6-9-17/h11-12,15H,3-10H2,1-2H3. The number of aromatic nitrogens is 1. The topological polar surface area (TPSA) is 41.3 Å². The number of anilines is 1. The Kier molecular flexibility index (Phi) is 5.05. The van der Waals surface area contributed by atoms with Gasteiger partial charge in [-0.25, -0.2) is 0 Å². The van der Waals surface area contributed by atoms with Gasteiger partial charge in [-0.15, -0.1) is 0 Å². The molecule has 102 valence electrons. The maximum atomic E-state index is 5.58. The number of oxazole rings is 1. The van der Waals surface area contributed by atoms with E-state index in [9.17, 15) is 0 Å². The molecule has 4 nitrogen and oxygen atoms in total. The molecule has 2 rings (SSSR count). The van der Waals surface area contributed by atoms with Gasteiger partial charge in [-0.3, -0.25) is 0 Å². The maximum absolute atomic E-state index is 5.58. The van der Waals surface area contributed by atoms with Gasteiger partial charge in [0.15, 0.2) is 0 Å². The first-order valence-corrected chi connectivity index (χ1v) is 7.23. The molecule has 1 N–H and O–H groups in total. The first-order valence-electron chi connectivity index (χ1n) is 7.23. The van der Waals surface area contributed by atoms with Crippen molar-refractivity contribution in [3.8, 4) is 0 Å². The molecule has 0 radical (unpaired) electrons. The maximum Gasteiger partial charge on any atom is 0.297 e. The van der Waals surface area contributed by atoms with Crippen LogP contribution in [0.4, 0.5) is 6.01 Å². The molecule has 1 aromatic rings. The fourth-order valence-electron chi connectivity index (χ4n) is 2.45. The van der Waals surface area contributed by atoms with Crippen LogP contribution < -0.4 is 10.2 Å². The van der Waals surface area contributed by atoms with E-state index in [2.05, 4.69) is 29.0 Å². The van der Waals surface area contributed by atoms with E-state index < -0.39 is 0 Å². The number of nitrogens with zero attached hydrogens (tertiary/aromatic N) is 2. The van der Waals surface area contributed by atoms with Gasteiger partial charge < -0.3 is 14.6 Å². The summed E-state index contributed by atoms with van der Waals surface area (Å²) in [5.74, 6) is 0.891. The second-order valence-corrected chi connectivity index (χ2v) is 5.14. The van der Waals surface area contributed by atoms with Crippen LogP contribution in [0.3, 0.4) is 0 Å². The molecule has 0 saturated carbocycles. The normalized spacial score (nSPS) is 17.3. The summed E-state index contributed by atoms with van der Waals surface area (Å²) in [4.78, 5) is 6.83. The number of piperidine rings is 1. The molecular weight excluding hydrogens is 226 g/mol. The van der Waals surface area contributed by atoms with Gasteiger partial charge in [0, 0.05) is 19.6 Å². The molecular formula is C14H25N3O. The molecule has 1 saturated heterocycles. The van der Waals surface area contributed by atoms with Crippen LogP contribution in [-0.4, -0.2) is 24.6 Å². The molecule has 1 fully saturated rings. The van der Waals surface area contributed by atoms with Crippen LogP contribution in [0.15, 0.2) is 10.7 Å². The molecule has 0 spiro atoms. The van der Waals surface area contributed by atoms with Crippen molar-refractivity contribution in [3.63, 3.8) is 0 Å². The van der Waals surface area contributed by atoms with E-state index in [1.165, 1.54) is 19.3 Å². The highest BCUT2D eigenvalue weighted by molar-refractivity contribution is 5.27. The van der Waals surface area contributed by atoms with Crippen molar-refractivity contribution < 1.29 is 4.42 Å². The molecule has 1 aromatic heterocycles. The predicted octanol–water partition coefficient (Wildman–Crippen LogP) is 2.80. The van der Waals surface area contributed by atoms with E-state index in [0.717, 1.165) is 50.2 Å². The zero-order valence-corrected chi connectivity index (χ0v) is 11.6. The third-order valence-electron chi connectivity index (χ3n) is 3.73. The Bertz CT molecular complexity index is 343. The SMILES string of the molecule is CCCNCc1coc(N2CCC(CC)CC2)n1. The van der Waals surface area contributed by atoms with Gasteiger partial charge in [0.05, 0.1) is 5.69 Å². The fourth-order valence-corrected chi connectivity index (χ4v) is 2.45. The molecule has 0 bridgehead atoms. The van der Waals surface area contributed by atoms with Gasteiger partial charge >= 0.3 is 0 Å². The smallest absolute Gasteiger partial charge is 0.297 e. The van der Waals surface area contributed by atoms with Gasteiger partial charge in [0.25, 0.3) is 6.01 Å². The van der Waals surface area contributed by atoms with E-state index >= 15 is 0 Å². The van der Waals surface area contributed by atoms with Crippen LogP contribution in [-0.2, 0) is 6.54 Å². The van der Waals surface area contributed by atoms with Crippen molar-refractivity contribution in [3.05, 3.63) is 12.0 Å². The Morgan fingerprint density at radius 3 is 2.83 bits per heavy atom. The Labute approximate surface area is 110 Å². The summed E-state index contributed by atoms with van der Waals surface area (Å²) in [7, 11) is 0. The predicted molar refractivity (Wildman–Crippen MR) is 73.7 cm³/mol. The Morgan fingerprint density at radius 2 is 2.17 bits per heavy atom. The van der Waals surface area contributed by atoms with Crippen LogP contribution >= 0.6 is 0 Å². The highest BCUT2D eigenvalue weighted by atomic mass is 16.4. The molecule has 0 aliphatic carbocycles. The lowest BCUT2D eigenvalue weighted by molar-refractivity contribution is 0.378. The van der Waals surface area contributed by atoms with E-state index in [4.69, 9.17) is 4.42 Å². The largest absolute Gasteiger partial charge is 0.432 e. The monoisotopic (exact) mass is 251 g/mol. The third-order valence-corrected chi connectivity index (χ3v) is 3.73. The summed E-state index contributed by atoms with van der Waals surface area (Å²) in [5.41, 5.74) is 1.01. The minimum atomic E-state index is 0.804. The van der Waals surface area contributed by atoms with Crippen LogP contribution in [0.5, 0.6) is 0 Å².